The fraction of sp³-hybridized carbons (Fsp3) is 0.500. The molecule has 0 N–H and O–H groups in total. The van der Waals surface area contributed by atoms with Crippen LogP contribution in [0.15, 0.2) is 23.1 Å². The number of rotatable bonds is 3. The average Bonchev–Trinajstić information content (AvgIpc) is 2.47. The zero-order valence-corrected chi connectivity index (χ0v) is 13.5. The fourth-order valence-electron chi connectivity index (χ4n) is 2.31. The van der Waals surface area contributed by atoms with E-state index >= 15 is 0 Å². The molecule has 2 atom stereocenters. The molecular weight excluding hydrogens is 312 g/mol. The molecule has 1 saturated heterocycles. The van der Waals surface area contributed by atoms with Crippen LogP contribution < -0.4 is 0 Å². The van der Waals surface area contributed by atoms with Gasteiger partial charge in [0.25, 0.3) is 0 Å². The van der Waals surface area contributed by atoms with Crippen molar-refractivity contribution >= 4 is 21.6 Å². The molecule has 0 spiro atoms. The van der Waals surface area contributed by atoms with Gasteiger partial charge in [0.05, 0.1) is 28.2 Å². The quantitative estimate of drug-likeness (QED) is 0.854. The third kappa shape index (κ3) is 3.22. The Hall–Kier alpha value is -1.13. The van der Waals surface area contributed by atoms with Crippen LogP contribution in [0.25, 0.3) is 0 Å². The highest BCUT2D eigenvalue weighted by Gasteiger charge is 2.35. The van der Waals surface area contributed by atoms with E-state index in [1.54, 1.807) is 0 Å². The number of halogens is 1. The number of ether oxygens (including phenoxy) is 1. The Bertz CT molecular complexity index is 669. The molecule has 0 amide bonds. The van der Waals surface area contributed by atoms with Crippen molar-refractivity contribution in [1.82, 2.24) is 4.31 Å². The molecule has 1 fully saturated rings. The summed E-state index contributed by atoms with van der Waals surface area (Å²) in [5.41, 5.74) is 0.262. The summed E-state index contributed by atoms with van der Waals surface area (Å²) in [4.78, 5) is 0.110. The van der Waals surface area contributed by atoms with E-state index in [4.69, 9.17) is 21.6 Å². The van der Waals surface area contributed by atoms with Crippen molar-refractivity contribution < 1.29 is 13.2 Å². The molecule has 2 unspecified atom stereocenters. The van der Waals surface area contributed by atoms with Gasteiger partial charge in [-0.25, -0.2) is 8.42 Å². The SMILES string of the molecule is CCC1COC(C)CN1S(=O)(=O)c1ccc(C#N)c(Cl)c1. The Kier molecular flexibility index (Phi) is 4.89. The lowest BCUT2D eigenvalue weighted by atomic mass is 10.2. The van der Waals surface area contributed by atoms with Gasteiger partial charge in [-0.05, 0) is 31.5 Å². The van der Waals surface area contributed by atoms with Gasteiger partial charge in [0.2, 0.25) is 10.0 Å². The first-order valence-electron chi connectivity index (χ1n) is 6.73. The van der Waals surface area contributed by atoms with Crippen LogP contribution in [0.1, 0.15) is 25.8 Å². The number of nitriles is 1. The number of nitrogens with zero attached hydrogens (tertiary/aromatic N) is 2. The van der Waals surface area contributed by atoms with Crippen LogP contribution in [0.5, 0.6) is 0 Å². The Balaban J connectivity index is 2.40. The summed E-state index contributed by atoms with van der Waals surface area (Å²) in [7, 11) is -3.64. The average molecular weight is 329 g/mol. The lowest BCUT2D eigenvalue weighted by molar-refractivity contribution is -0.0230. The van der Waals surface area contributed by atoms with E-state index in [0.29, 0.717) is 19.6 Å². The summed E-state index contributed by atoms with van der Waals surface area (Å²) in [6, 6.07) is 5.93. The fourth-order valence-corrected chi connectivity index (χ4v) is 4.39. The van der Waals surface area contributed by atoms with Crippen LogP contribution in [-0.4, -0.2) is 38.0 Å². The van der Waals surface area contributed by atoms with Crippen molar-refractivity contribution in [3.05, 3.63) is 28.8 Å². The van der Waals surface area contributed by atoms with E-state index in [0.717, 1.165) is 0 Å². The van der Waals surface area contributed by atoms with E-state index in [-0.39, 0.29) is 27.6 Å². The normalized spacial score (nSPS) is 23.7. The summed E-state index contributed by atoms with van der Waals surface area (Å²) in [6.07, 6.45) is 0.534. The van der Waals surface area contributed by atoms with Gasteiger partial charge in [0.1, 0.15) is 6.07 Å². The second-order valence-corrected chi connectivity index (χ2v) is 7.33. The molecule has 1 aliphatic rings. The highest BCUT2D eigenvalue weighted by molar-refractivity contribution is 7.89. The summed E-state index contributed by atoms with van der Waals surface area (Å²) >= 11 is 5.94. The van der Waals surface area contributed by atoms with Crippen molar-refractivity contribution in [2.75, 3.05) is 13.2 Å². The van der Waals surface area contributed by atoms with Gasteiger partial charge in [-0.15, -0.1) is 0 Å². The molecule has 1 aromatic carbocycles. The second-order valence-electron chi connectivity index (χ2n) is 5.03. The van der Waals surface area contributed by atoms with Crippen molar-refractivity contribution in [2.45, 2.75) is 37.3 Å². The number of morpholine rings is 1. The van der Waals surface area contributed by atoms with Gasteiger partial charge in [0, 0.05) is 12.6 Å². The Morgan fingerprint density at radius 3 is 2.81 bits per heavy atom. The highest BCUT2D eigenvalue weighted by atomic mass is 35.5. The zero-order chi connectivity index (χ0) is 15.6. The molecule has 2 rings (SSSR count). The predicted molar refractivity (Wildman–Crippen MR) is 79.6 cm³/mol. The summed E-state index contributed by atoms with van der Waals surface area (Å²) in [5, 5.41) is 9.01. The highest BCUT2D eigenvalue weighted by Crippen LogP contribution is 2.27. The largest absolute Gasteiger partial charge is 0.375 e. The zero-order valence-electron chi connectivity index (χ0n) is 11.9. The van der Waals surface area contributed by atoms with E-state index in [2.05, 4.69) is 0 Å². The minimum absolute atomic E-state index is 0.110. The number of sulfonamides is 1. The summed E-state index contributed by atoms with van der Waals surface area (Å²) in [5.74, 6) is 0. The molecule has 21 heavy (non-hydrogen) atoms. The third-order valence-electron chi connectivity index (χ3n) is 3.56. The molecule has 0 radical (unpaired) electrons. The Morgan fingerprint density at radius 1 is 1.52 bits per heavy atom. The third-order valence-corrected chi connectivity index (χ3v) is 5.78. The summed E-state index contributed by atoms with van der Waals surface area (Å²) in [6.45, 7) is 4.48. The van der Waals surface area contributed by atoms with E-state index in [1.165, 1.54) is 22.5 Å². The smallest absolute Gasteiger partial charge is 0.243 e. The van der Waals surface area contributed by atoms with Crippen molar-refractivity contribution in [3.63, 3.8) is 0 Å². The molecule has 0 bridgehead atoms. The summed E-state index contributed by atoms with van der Waals surface area (Å²) < 4.78 is 32.6. The van der Waals surface area contributed by atoms with Crippen LogP contribution in [0, 0.1) is 11.3 Å². The minimum Gasteiger partial charge on any atom is -0.375 e. The molecular formula is C14H17ClN2O3S. The van der Waals surface area contributed by atoms with Gasteiger partial charge in [-0.1, -0.05) is 18.5 Å². The topological polar surface area (TPSA) is 70.4 Å². The molecule has 5 nitrogen and oxygen atoms in total. The second kappa shape index (κ2) is 6.32. The van der Waals surface area contributed by atoms with Gasteiger partial charge in [-0.2, -0.15) is 9.57 Å². The van der Waals surface area contributed by atoms with Gasteiger partial charge in [0.15, 0.2) is 0 Å². The van der Waals surface area contributed by atoms with Crippen LogP contribution in [0.4, 0.5) is 0 Å². The maximum Gasteiger partial charge on any atom is 0.243 e. The van der Waals surface area contributed by atoms with Crippen molar-refractivity contribution in [2.24, 2.45) is 0 Å². The molecule has 0 saturated carbocycles. The van der Waals surface area contributed by atoms with Crippen molar-refractivity contribution in [3.8, 4) is 6.07 Å². The molecule has 7 heteroatoms. The molecule has 114 valence electrons. The predicted octanol–water partition coefficient (Wildman–Crippen LogP) is 2.40. The molecule has 0 aliphatic carbocycles. The van der Waals surface area contributed by atoms with Gasteiger partial charge < -0.3 is 4.74 Å². The van der Waals surface area contributed by atoms with Gasteiger partial charge in [-0.3, -0.25) is 0 Å². The Morgan fingerprint density at radius 2 is 2.24 bits per heavy atom. The van der Waals surface area contributed by atoms with Crippen LogP contribution in [0.2, 0.25) is 5.02 Å². The monoisotopic (exact) mass is 328 g/mol. The van der Waals surface area contributed by atoms with Crippen LogP contribution >= 0.6 is 11.6 Å². The molecule has 0 aromatic heterocycles. The maximum atomic E-state index is 12.8. The number of hydrogen-bond acceptors (Lipinski definition) is 4. The first-order chi connectivity index (χ1) is 9.90. The van der Waals surface area contributed by atoms with Crippen LogP contribution in [0.3, 0.4) is 0 Å². The van der Waals surface area contributed by atoms with Crippen LogP contribution in [-0.2, 0) is 14.8 Å². The van der Waals surface area contributed by atoms with E-state index in [1.807, 2.05) is 19.9 Å². The molecule has 1 aliphatic heterocycles. The maximum absolute atomic E-state index is 12.8. The lowest BCUT2D eigenvalue weighted by Crippen LogP contribution is -2.51. The lowest BCUT2D eigenvalue weighted by Gasteiger charge is -2.37. The molecule has 1 aromatic rings. The van der Waals surface area contributed by atoms with E-state index in [9.17, 15) is 8.42 Å². The first-order valence-corrected chi connectivity index (χ1v) is 8.55. The standard InChI is InChI=1S/C14H17ClN2O3S/c1-3-12-9-20-10(2)8-17(12)21(18,19)13-5-4-11(7-16)14(15)6-13/h4-6,10,12H,3,8-9H2,1-2H3. The first kappa shape index (κ1) is 16.2. The van der Waals surface area contributed by atoms with Gasteiger partial charge >= 0.3 is 0 Å². The van der Waals surface area contributed by atoms with E-state index < -0.39 is 10.0 Å². The number of benzene rings is 1. The van der Waals surface area contributed by atoms with Crippen molar-refractivity contribution in [1.29, 1.82) is 5.26 Å². The number of hydrogen-bond donors (Lipinski definition) is 0. The molecule has 1 heterocycles. The minimum atomic E-state index is -3.64. The Labute approximate surface area is 130 Å².